The first-order valence-corrected chi connectivity index (χ1v) is 18.4. The second-order valence-electron chi connectivity index (χ2n) is 12.6. The van der Waals surface area contributed by atoms with Crippen LogP contribution in [0.5, 0.6) is 0 Å². The Morgan fingerprint density at radius 2 is 1.55 bits per heavy atom. The number of nitrogens with zero attached hydrogens (tertiary/aromatic N) is 2. The van der Waals surface area contributed by atoms with Gasteiger partial charge in [0, 0.05) is 24.6 Å². The molecule has 1 saturated carbocycles. The van der Waals surface area contributed by atoms with E-state index in [-0.39, 0.29) is 22.9 Å². The minimum absolute atomic E-state index is 0.00344. The lowest BCUT2D eigenvalue weighted by atomic mass is 9.94. The summed E-state index contributed by atoms with van der Waals surface area (Å²) in [6, 6.07) is 21.3. The number of alkyl halides is 3. The molecule has 0 spiro atoms. The Hall–Kier alpha value is -4.42. The highest BCUT2D eigenvalue weighted by Gasteiger charge is 2.38. The van der Waals surface area contributed by atoms with Crippen LogP contribution in [-0.4, -0.2) is 43.8 Å². The monoisotopic (exact) mass is 743 g/mol. The summed E-state index contributed by atoms with van der Waals surface area (Å²) in [7, 11) is -4.68. The Kier molecular flexibility index (Phi) is 12.1. The van der Waals surface area contributed by atoms with Crippen LogP contribution in [0.25, 0.3) is 0 Å². The fraction of sp³-hybridized carbons (Fsp3) is 0.316. The highest BCUT2D eigenvalue weighted by molar-refractivity contribution is 7.92. The summed E-state index contributed by atoms with van der Waals surface area (Å²) in [5.41, 5.74) is -0.295. The first-order chi connectivity index (χ1) is 24.2. The number of amides is 2. The van der Waals surface area contributed by atoms with Crippen molar-refractivity contribution in [3.05, 3.63) is 130 Å². The van der Waals surface area contributed by atoms with Crippen molar-refractivity contribution < 1.29 is 35.6 Å². The Balaban J connectivity index is 1.62. The number of benzene rings is 4. The number of anilines is 1. The number of aryl methyl sites for hydroxylation is 1. The smallest absolute Gasteiger partial charge is 0.352 e. The number of hydrogen-bond donors (Lipinski definition) is 1. The average Bonchev–Trinajstić information content (AvgIpc) is 3.10. The van der Waals surface area contributed by atoms with Gasteiger partial charge in [-0.2, -0.15) is 13.2 Å². The second kappa shape index (κ2) is 16.3. The lowest BCUT2D eigenvalue weighted by Crippen LogP contribution is -2.55. The van der Waals surface area contributed by atoms with Crippen LogP contribution < -0.4 is 9.62 Å². The minimum Gasteiger partial charge on any atom is -0.352 e. The molecule has 0 bridgehead atoms. The van der Waals surface area contributed by atoms with Gasteiger partial charge in [-0.3, -0.25) is 13.9 Å². The van der Waals surface area contributed by atoms with Gasteiger partial charge in [-0.25, -0.2) is 12.8 Å². The molecule has 51 heavy (non-hydrogen) atoms. The van der Waals surface area contributed by atoms with Crippen molar-refractivity contribution in [2.45, 2.75) is 75.1 Å². The van der Waals surface area contributed by atoms with E-state index < -0.39 is 69.2 Å². The van der Waals surface area contributed by atoms with Gasteiger partial charge in [0.05, 0.1) is 21.2 Å². The van der Waals surface area contributed by atoms with Crippen LogP contribution in [0.15, 0.2) is 102 Å². The Bertz CT molecular complexity index is 1940. The molecular formula is C38H38ClF4N3O4S. The molecule has 0 radical (unpaired) electrons. The van der Waals surface area contributed by atoms with Gasteiger partial charge < -0.3 is 10.2 Å². The molecule has 1 aliphatic carbocycles. The number of hydrogen-bond acceptors (Lipinski definition) is 4. The van der Waals surface area contributed by atoms with Crippen molar-refractivity contribution in [2.75, 3.05) is 10.8 Å². The maximum absolute atomic E-state index is 15.2. The molecule has 0 heterocycles. The second-order valence-corrected chi connectivity index (χ2v) is 14.9. The summed E-state index contributed by atoms with van der Waals surface area (Å²) in [5, 5.41) is 2.39. The van der Waals surface area contributed by atoms with E-state index in [1.165, 1.54) is 42.5 Å². The van der Waals surface area contributed by atoms with Crippen LogP contribution in [-0.2, 0) is 38.8 Å². The largest absolute Gasteiger partial charge is 0.417 e. The first-order valence-electron chi connectivity index (χ1n) is 16.6. The van der Waals surface area contributed by atoms with Gasteiger partial charge in [-0.1, -0.05) is 97.1 Å². The highest BCUT2D eigenvalue weighted by atomic mass is 35.5. The van der Waals surface area contributed by atoms with Crippen LogP contribution in [0.4, 0.5) is 23.2 Å². The van der Waals surface area contributed by atoms with Crippen LogP contribution in [0.1, 0.15) is 54.4 Å². The van der Waals surface area contributed by atoms with Crippen molar-refractivity contribution in [1.29, 1.82) is 0 Å². The van der Waals surface area contributed by atoms with E-state index in [4.69, 9.17) is 11.6 Å². The Labute approximate surface area is 300 Å². The third-order valence-corrected chi connectivity index (χ3v) is 11.1. The molecule has 270 valence electrons. The average molecular weight is 744 g/mol. The zero-order chi connectivity index (χ0) is 36.8. The summed E-state index contributed by atoms with van der Waals surface area (Å²) in [4.78, 5) is 29.6. The standard InChI is InChI=1S/C38H38ClF4N3O4S/c1-26-16-19-31(20-17-26)51(49,50)46(30-18-21-33(39)32(23-30)38(41,42)43)25-36(47)45(24-28-12-8-9-15-34(28)40)35(22-27-10-4-2-5-11-27)37(48)44-29-13-6-3-7-14-29/h2,4-5,8-12,15-21,23,29,35H,3,6-7,13-14,22,24-25H2,1H3,(H,44,48)/t35-/m0/s1. The number of carbonyl (C=O) groups is 2. The van der Waals surface area contributed by atoms with E-state index in [0.29, 0.717) is 15.9 Å². The molecule has 0 aliphatic heterocycles. The molecule has 4 aromatic rings. The molecule has 1 aliphatic rings. The predicted octanol–water partition coefficient (Wildman–Crippen LogP) is 8.09. The summed E-state index contributed by atoms with van der Waals surface area (Å²) >= 11 is 5.89. The van der Waals surface area contributed by atoms with Gasteiger partial charge >= 0.3 is 6.18 Å². The zero-order valence-electron chi connectivity index (χ0n) is 27.9. The van der Waals surface area contributed by atoms with Crippen molar-refractivity contribution in [2.24, 2.45) is 0 Å². The quantitative estimate of drug-likeness (QED) is 0.149. The number of carbonyl (C=O) groups excluding carboxylic acids is 2. The number of nitrogens with one attached hydrogen (secondary N) is 1. The van der Waals surface area contributed by atoms with Gasteiger partial charge in [0.15, 0.2) is 0 Å². The molecule has 0 unspecified atom stereocenters. The van der Waals surface area contributed by atoms with Crippen molar-refractivity contribution >= 4 is 39.1 Å². The molecule has 2 amide bonds. The minimum atomic E-state index is -4.94. The molecule has 7 nitrogen and oxygen atoms in total. The van der Waals surface area contributed by atoms with Crippen LogP contribution in [0.3, 0.4) is 0 Å². The fourth-order valence-electron chi connectivity index (χ4n) is 6.16. The number of halogens is 5. The summed E-state index contributed by atoms with van der Waals surface area (Å²) in [6.45, 7) is 0.303. The molecular weight excluding hydrogens is 706 g/mol. The first kappa shape index (κ1) is 37.8. The maximum atomic E-state index is 15.2. The van der Waals surface area contributed by atoms with Gasteiger partial charge in [-0.15, -0.1) is 0 Å². The van der Waals surface area contributed by atoms with Crippen molar-refractivity contribution in [3.8, 4) is 0 Å². The van der Waals surface area contributed by atoms with E-state index >= 15 is 4.39 Å². The van der Waals surface area contributed by atoms with Gasteiger partial charge in [-0.05, 0) is 61.7 Å². The predicted molar refractivity (Wildman–Crippen MR) is 188 cm³/mol. The number of rotatable bonds is 12. The topological polar surface area (TPSA) is 86.8 Å². The highest BCUT2D eigenvalue weighted by Crippen LogP contribution is 2.38. The van der Waals surface area contributed by atoms with Crippen molar-refractivity contribution in [3.63, 3.8) is 0 Å². The Morgan fingerprint density at radius 1 is 0.902 bits per heavy atom. The molecule has 0 aromatic heterocycles. The summed E-state index contributed by atoms with van der Waals surface area (Å²) in [5.74, 6) is -2.09. The molecule has 4 aromatic carbocycles. The zero-order valence-corrected chi connectivity index (χ0v) is 29.4. The van der Waals surface area contributed by atoms with E-state index in [2.05, 4.69) is 5.32 Å². The van der Waals surface area contributed by atoms with Gasteiger partial charge in [0.1, 0.15) is 18.4 Å². The molecule has 0 saturated heterocycles. The van der Waals surface area contributed by atoms with Crippen LogP contribution >= 0.6 is 11.6 Å². The molecule has 5 rings (SSSR count). The van der Waals surface area contributed by atoms with E-state index in [1.54, 1.807) is 43.3 Å². The fourth-order valence-corrected chi connectivity index (χ4v) is 7.79. The van der Waals surface area contributed by atoms with Crippen LogP contribution in [0.2, 0.25) is 5.02 Å². The van der Waals surface area contributed by atoms with E-state index in [1.807, 2.05) is 0 Å². The molecule has 1 N–H and O–H groups in total. The lowest BCUT2D eigenvalue weighted by Gasteiger charge is -2.35. The van der Waals surface area contributed by atoms with Gasteiger partial charge in [0.2, 0.25) is 11.8 Å². The molecule has 1 atom stereocenters. The van der Waals surface area contributed by atoms with E-state index in [9.17, 15) is 31.2 Å². The van der Waals surface area contributed by atoms with E-state index in [0.717, 1.165) is 54.7 Å². The maximum Gasteiger partial charge on any atom is 0.417 e. The summed E-state index contributed by atoms with van der Waals surface area (Å²) < 4.78 is 86.2. The third-order valence-electron chi connectivity index (χ3n) is 8.95. The van der Waals surface area contributed by atoms with Crippen LogP contribution in [0, 0.1) is 12.7 Å². The SMILES string of the molecule is Cc1ccc(S(=O)(=O)N(CC(=O)N(Cc2ccccc2F)[C@@H](Cc2ccccc2)C(=O)NC2CCCCC2)c2ccc(Cl)c(C(F)(F)F)c2)cc1. The lowest BCUT2D eigenvalue weighted by molar-refractivity contribution is -0.140. The normalized spacial score (nSPS) is 14.5. The summed E-state index contributed by atoms with van der Waals surface area (Å²) in [6.07, 6.45) is -0.589. The van der Waals surface area contributed by atoms with Crippen molar-refractivity contribution in [1.82, 2.24) is 10.2 Å². The number of sulfonamides is 1. The third kappa shape index (κ3) is 9.48. The molecule has 13 heteroatoms. The van der Waals surface area contributed by atoms with Gasteiger partial charge in [0.25, 0.3) is 10.0 Å². The Morgan fingerprint density at radius 3 is 2.20 bits per heavy atom. The molecule has 1 fully saturated rings.